The van der Waals surface area contributed by atoms with Crippen molar-refractivity contribution < 1.29 is 13.9 Å². The van der Waals surface area contributed by atoms with Crippen molar-refractivity contribution in [3.05, 3.63) is 88.0 Å². The number of halogens is 1. The van der Waals surface area contributed by atoms with Crippen LogP contribution in [0.2, 0.25) is 0 Å². The molecule has 3 aromatic rings. The summed E-state index contributed by atoms with van der Waals surface area (Å²) >= 11 is 0. The van der Waals surface area contributed by atoms with Gasteiger partial charge in [-0.15, -0.1) is 0 Å². The van der Waals surface area contributed by atoms with Crippen molar-refractivity contribution in [3.63, 3.8) is 0 Å². The fourth-order valence-corrected chi connectivity index (χ4v) is 4.37. The molecule has 5 nitrogen and oxygen atoms in total. The first-order valence-electron chi connectivity index (χ1n) is 11.0. The lowest BCUT2D eigenvalue weighted by molar-refractivity contribution is 0.0941. The summed E-state index contributed by atoms with van der Waals surface area (Å²) in [5, 5.41) is 3.03. The molecule has 0 bridgehead atoms. The number of morpholine rings is 1. The number of anilines is 1. The van der Waals surface area contributed by atoms with E-state index in [-0.39, 0.29) is 11.7 Å². The van der Waals surface area contributed by atoms with Gasteiger partial charge in [-0.1, -0.05) is 42.0 Å². The summed E-state index contributed by atoms with van der Waals surface area (Å²) in [4.78, 5) is 15.7. The summed E-state index contributed by atoms with van der Waals surface area (Å²) in [6.45, 7) is 10.2. The minimum Gasteiger partial charge on any atom is -0.378 e. The van der Waals surface area contributed by atoms with Crippen molar-refractivity contribution in [1.82, 2.24) is 9.88 Å². The second kappa shape index (κ2) is 9.57. The molecule has 4 rings (SSSR count). The number of aryl methyl sites for hydroxylation is 1. The summed E-state index contributed by atoms with van der Waals surface area (Å²) in [5.74, 6) is -0.407. The van der Waals surface area contributed by atoms with E-state index in [0.717, 1.165) is 41.2 Å². The normalized spacial score (nSPS) is 13.9. The molecule has 1 fully saturated rings. The Morgan fingerprint density at radius 1 is 0.969 bits per heavy atom. The van der Waals surface area contributed by atoms with Crippen molar-refractivity contribution in [2.75, 3.05) is 31.2 Å². The topological polar surface area (TPSA) is 46.5 Å². The highest BCUT2D eigenvalue weighted by Crippen LogP contribution is 2.32. The van der Waals surface area contributed by atoms with E-state index in [9.17, 15) is 9.18 Å². The maximum atomic E-state index is 13.4. The van der Waals surface area contributed by atoms with Gasteiger partial charge in [-0.2, -0.15) is 0 Å². The number of benzene rings is 2. The lowest BCUT2D eigenvalue weighted by Crippen LogP contribution is -2.36. The van der Waals surface area contributed by atoms with E-state index < -0.39 is 0 Å². The Hall–Kier alpha value is -3.12. The third-order valence-corrected chi connectivity index (χ3v) is 6.10. The van der Waals surface area contributed by atoms with Gasteiger partial charge in [0.05, 0.1) is 18.9 Å². The molecule has 0 unspecified atom stereocenters. The molecular weight excluding hydrogens is 405 g/mol. The molecule has 0 atom stereocenters. The van der Waals surface area contributed by atoms with E-state index in [4.69, 9.17) is 4.74 Å². The van der Waals surface area contributed by atoms with Crippen LogP contribution in [0.25, 0.3) is 0 Å². The van der Waals surface area contributed by atoms with Gasteiger partial charge in [0.25, 0.3) is 5.91 Å². The van der Waals surface area contributed by atoms with Gasteiger partial charge in [-0.25, -0.2) is 4.39 Å². The van der Waals surface area contributed by atoms with Crippen LogP contribution in [0.1, 0.15) is 38.4 Å². The van der Waals surface area contributed by atoms with E-state index in [1.54, 1.807) is 12.1 Å². The van der Waals surface area contributed by atoms with Gasteiger partial charge in [0.2, 0.25) is 0 Å². The van der Waals surface area contributed by atoms with Crippen LogP contribution in [0.15, 0.2) is 48.5 Å². The Labute approximate surface area is 188 Å². The molecule has 1 aromatic heterocycles. The second-order valence-electron chi connectivity index (χ2n) is 8.39. The van der Waals surface area contributed by atoms with Crippen LogP contribution in [0.4, 0.5) is 10.1 Å². The molecule has 2 heterocycles. The van der Waals surface area contributed by atoms with E-state index >= 15 is 0 Å². The Kier molecular flexibility index (Phi) is 6.61. The number of carbonyl (C=O) groups is 1. The smallest absolute Gasteiger partial charge is 0.268 e. The quantitative estimate of drug-likeness (QED) is 0.626. The lowest BCUT2D eigenvalue weighted by Gasteiger charge is -2.29. The van der Waals surface area contributed by atoms with E-state index in [1.165, 1.54) is 17.7 Å². The first-order valence-corrected chi connectivity index (χ1v) is 11.0. The number of hydrogen-bond donors (Lipinski definition) is 1. The highest BCUT2D eigenvalue weighted by atomic mass is 19.1. The molecule has 1 N–H and O–H groups in total. The minimum absolute atomic E-state index is 0.124. The third-order valence-electron chi connectivity index (χ3n) is 6.10. The molecule has 168 valence electrons. The van der Waals surface area contributed by atoms with Crippen LogP contribution in [0.3, 0.4) is 0 Å². The number of carbonyl (C=O) groups excluding carboxylic acids is 1. The number of nitrogens with one attached hydrogen (secondary N) is 1. The third kappa shape index (κ3) is 4.70. The Morgan fingerprint density at radius 2 is 1.59 bits per heavy atom. The standard InChI is InChI=1S/C26H30FN3O2/c1-18-4-6-22(7-5-18)17-30-20(3)24(29-12-14-32-15-13-29)19(2)25(30)26(31)28-16-21-8-10-23(27)11-9-21/h4-11H,12-17H2,1-3H3,(H,28,31). The number of aromatic nitrogens is 1. The fourth-order valence-electron chi connectivity index (χ4n) is 4.37. The van der Waals surface area contributed by atoms with Crippen molar-refractivity contribution in [2.24, 2.45) is 0 Å². The molecule has 2 aromatic carbocycles. The number of ether oxygens (including phenoxy) is 1. The molecule has 1 amide bonds. The maximum Gasteiger partial charge on any atom is 0.268 e. The molecule has 1 aliphatic rings. The summed E-state index contributed by atoms with van der Waals surface area (Å²) in [6, 6.07) is 14.6. The van der Waals surface area contributed by atoms with Gasteiger partial charge in [0.15, 0.2) is 0 Å². The van der Waals surface area contributed by atoms with Gasteiger partial charge < -0.3 is 19.5 Å². The first kappa shape index (κ1) is 22.1. The number of nitrogens with zero attached hydrogens (tertiary/aromatic N) is 2. The summed E-state index contributed by atoms with van der Waals surface area (Å²) < 4.78 is 20.9. The molecule has 0 aliphatic carbocycles. The molecule has 1 saturated heterocycles. The Morgan fingerprint density at radius 3 is 2.25 bits per heavy atom. The molecule has 0 radical (unpaired) electrons. The Balaban J connectivity index is 1.66. The van der Waals surface area contributed by atoms with Crippen LogP contribution in [0.5, 0.6) is 0 Å². The van der Waals surface area contributed by atoms with Gasteiger partial charge in [0, 0.05) is 37.4 Å². The zero-order valence-electron chi connectivity index (χ0n) is 19.0. The second-order valence-corrected chi connectivity index (χ2v) is 8.39. The van der Waals surface area contributed by atoms with Crippen molar-refractivity contribution in [2.45, 2.75) is 33.9 Å². The minimum atomic E-state index is -0.284. The van der Waals surface area contributed by atoms with Crippen molar-refractivity contribution >= 4 is 11.6 Å². The Bertz CT molecular complexity index is 1080. The fraction of sp³-hybridized carbons (Fsp3) is 0.346. The van der Waals surface area contributed by atoms with E-state index in [0.29, 0.717) is 32.0 Å². The molecule has 0 spiro atoms. The number of amides is 1. The zero-order chi connectivity index (χ0) is 22.7. The maximum absolute atomic E-state index is 13.4. The summed E-state index contributed by atoms with van der Waals surface area (Å²) in [5.41, 5.74) is 7.07. The van der Waals surface area contributed by atoms with Crippen molar-refractivity contribution in [1.29, 1.82) is 0 Å². The van der Waals surface area contributed by atoms with Crippen LogP contribution in [0, 0.1) is 26.6 Å². The first-order chi connectivity index (χ1) is 15.4. The van der Waals surface area contributed by atoms with E-state index in [1.807, 2.05) is 6.92 Å². The average Bonchev–Trinajstić information content (AvgIpc) is 3.04. The molecule has 0 saturated carbocycles. The van der Waals surface area contributed by atoms with Crippen molar-refractivity contribution in [3.8, 4) is 0 Å². The molecule has 6 heteroatoms. The number of rotatable bonds is 6. The molecular formula is C26H30FN3O2. The molecule has 32 heavy (non-hydrogen) atoms. The van der Waals surface area contributed by atoms with Gasteiger partial charge >= 0.3 is 0 Å². The van der Waals surface area contributed by atoms with Gasteiger partial charge in [-0.3, -0.25) is 4.79 Å². The largest absolute Gasteiger partial charge is 0.378 e. The molecule has 1 aliphatic heterocycles. The SMILES string of the molecule is Cc1ccc(Cn2c(C)c(N3CCOCC3)c(C)c2C(=O)NCc2ccc(F)cc2)cc1. The number of hydrogen-bond acceptors (Lipinski definition) is 3. The highest BCUT2D eigenvalue weighted by Gasteiger charge is 2.26. The van der Waals surface area contributed by atoms with Crippen LogP contribution >= 0.6 is 0 Å². The predicted octanol–water partition coefficient (Wildman–Crippen LogP) is 4.37. The highest BCUT2D eigenvalue weighted by molar-refractivity contribution is 5.96. The summed E-state index contributed by atoms with van der Waals surface area (Å²) in [7, 11) is 0. The van der Waals surface area contributed by atoms with E-state index in [2.05, 4.69) is 52.9 Å². The average molecular weight is 436 g/mol. The van der Waals surface area contributed by atoms with Crippen LogP contribution in [-0.2, 0) is 17.8 Å². The van der Waals surface area contributed by atoms with Crippen LogP contribution in [-0.4, -0.2) is 36.8 Å². The predicted molar refractivity (Wildman–Crippen MR) is 125 cm³/mol. The van der Waals surface area contributed by atoms with Gasteiger partial charge in [0.1, 0.15) is 11.5 Å². The summed E-state index contributed by atoms with van der Waals surface area (Å²) in [6.07, 6.45) is 0. The zero-order valence-corrected chi connectivity index (χ0v) is 19.0. The van der Waals surface area contributed by atoms with Crippen LogP contribution < -0.4 is 10.2 Å². The monoisotopic (exact) mass is 435 g/mol. The van der Waals surface area contributed by atoms with Gasteiger partial charge in [-0.05, 0) is 44.0 Å². The lowest BCUT2D eigenvalue weighted by atomic mass is 10.1.